The van der Waals surface area contributed by atoms with Gasteiger partial charge in [-0.15, -0.1) is 11.8 Å². The fourth-order valence-corrected chi connectivity index (χ4v) is 4.05. The van der Waals surface area contributed by atoms with Crippen molar-refractivity contribution in [1.82, 2.24) is 0 Å². The number of rotatable bonds is 6. The molecule has 1 heterocycles. The molecule has 0 aromatic heterocycles. The molecule has 3 rings (SSSR count). The van der Waals surface area contributed by atoms with Gasteiger partial charge in [-0.3, -0.25) is 14.4 Å². The first-order chi connectivity index (χ1) is 13.0. The summed E-state index contributed by atoms with van der Waals surface area (Å²) in [5.74, 6) is -0.124. The first kappa shape index (κ1) is 19.5. The molecule has 0 bridgehead atoms. The van der Waals surface area contributed by atoms with Gasteiger partial charge >= 0.3 is 0 Å². The van der Waals surface area contributed by atoms with Gasteiger partial charge in [0.25, 0.3) is 0 Å². The van der Waals surface area contributed by atoms with Gasteiger partial charge in [0.15, 0.2) is 0 Å². The van der Waals surface area contributed by atoms with E-state index in [1.807, 2.05) is 19.1 Å². The predicted molar refractivity (Wildman–Crippen MR) is 109 cm³/mol. The number of halogens is 1. The third-order valence-corrected chi connectivity index (χ3v) is 5.84. The van der Waals surface area contributed by atoms with Crippen LogP contribution in [0.5, 0.6) is 0 Å². The van der Waals surface area contributed by atoms with Gasteiger partial charge in [0.1, 0.15) is 0 Å². The molecule has 0 aliphatic carbocycles. The van der Waals surface area contributed by atoms with Crippen LogP contribution in [0.3, 0.4) is 0 Å². The van der Waals surface area contributed by atoms with E-state index < -0.39 is 5.25 Å². The van der Waals surface area contributed by atoms with Crippen LogP contribution in [-0.2, 0) is 14.4 Å². The summed E-state index contributed by atoms with van der Waals surface area (Å²) in [6.07, 6.45) is 0.410. The monoisotopic (exact) mass is 402 g/mol. The number of nitrogens with one attached hydrogen (secondary N) is 1. The van der Waals surface area contributed by atoms with Gasteiger partial charge in [0.2, 0.25) is 17.7 Å². The Bertz CT molecular complexity index is 873. The molecule has 0 saturated carbocycles. The average molecular weight is 403 g/mol. The highest BCUT2D eigenvalue weighted by Crippen LogP contribution is 2.30. The van der Waals surface area contributed by atoms with Crippen LogP contribution < -0.4 is 10.2 Å². The van der Waals surface area contributed by atoms with Gasteiger partial charge < -0.3 is 5.32 Å². The number of hydrogen-bond donors (Lipinski definition) is 1. The van der Waals surface area contributed by atoms with E-state index in [2.05, 4.69) is 5.32 Å². The number of imide groups is 1. The number of benzene rings is 2. The Labute approximate surface area is 167 Å². The molecule has 1 saturated heterocycles. The molecule has 1 atom stereocenters. The minimum absolute atomic E-state index is 0.154. The summed E-state index contributed by atoms with van der Waals surface area (Å²) in [4.78, 5) is 38.0. The molecule has 0 radical (unpaired) electrons. The van der Waals surface area contributed by atoms with Crippen molar-refractivity contribution in [2.45, 2.75) is 25.0 Å². The minimum atomic E-state index is -0.445. The van der Waals surface area contributed by atoms with Crippen molar-refractivity contribution >= 4 is 52.5 Å². The Kier molecular flexibility index (Phi) is 6.19. The van der Waals surface area contributed by atoms with E-state index in [0.29, 0.717) is 22.2 Å². The van der Waals surface area contributed by atoms with Gasteiger partial charge in [0.05, 0.1) is 10.9 Å². The van der Waals surface area contributed by atoms with E-state index in [9.17, 15) is 14.4 Å². The van der Waals surface area contributed by atoms with Crippen molar-refractivity contribution in [1.29, 1.82) is 0 Å². The van der Waals surface area contributed by atoms with Crippen molar-refractivity contribution in [2.75, 3.05) is 16.0 Å². The number of hydrogen-bond acceptors (Lipinski definition) is 4. The summed E-state index contributed by atoms with van der Waals surface area (Å²) in [7, 11) is 0. The van der Waals surface area contributed by atoms with Gasteiger partial charge in [-0.1, -0.05) is 35.9 Å². The molecule has 2 aromatic carbocycles. The van der Waals surface area contributed by atoms with E-state index in [1.165, 1.54) is 16.7 Å². The fourth-order valence-electron chi connectivity index (χ4n) is 2.77. The fraction of sp³-hybridized carbons (Fsp3) is 0.250. The summed E-state index contributed by atoms with van der Waals surface area (Å²) in [5.41, 5.74) is 2.17. The molecule has 1 aliphatic rings. The standard InChI is InChI=1S/C20H19ClN2O3S/c1-13-7-8-14(11-16(13)21)22-18(24)9-10-27-17-12-19(25)23(20(17)26)15-5-3-2-4-6-15/h2-8,11,17H,9-10,12H2,1H3,(H,22,24)/t17-/m1/s1. The number of anilines is 2. The lowest BCUT2D eigenvalue weighted by Crippen LogP contribution is -2.31. The second-order valence-electron chi connectivity index (χ2n) is 6.23. The Balaban J connectivity index is 1.50. The molecule has 140 valence electrons. The Morgan fingerprint density at radius 1 is 1.22 bits per heavy atom. The van der Waals surface area contributed by atoms with Crippen LogP contribution in [0.2, 0.25) is 5.02 Å². The largest absolute Gasteiger partial charge is 0.326 e. The number of amides is 3. The number of carbonyl (C=O) groups excluding carboxylic acids is 3. The summed E-state index contributed by atoms with van der Waals surface area (Å²) in [6.45, 7) is 1.89. The highest BCUT2D eigenvalue weighted by atomic mass is 35.5. The lowest BCUT2D eigenvalue weighted by atomic mass is 10.2. The molecular formula is C20H19ClN2O3S. The van der Waals surface area contributed by atoms with Crippen LogP contribution in [0, 0.1) is 6.92 Å². The number of para-hydroxylation sites is 1. The number of thioether (sulfide) groups is 1. The maximum atomic E-state index is 12.5. The van der Waals surface area contributed by atoms with Crippen LogP contribution >= 0.6 is 23.4 Å². The molecule has 1 fully saturated rings. The normalized spacial score (nSPS) is 16.7. The average Bonchev–Trinajstić information content (AvgIpc) is 2.92. The van der Waals surface area contributed by atoms with E-state index >= 15 is 0 Å². The van der Waals surface area contributed by atoms with Crippen LogP contribution in [0.1, 0.15) is 18.4 Å². The second-order valence-corrected chi connectivity index (χ2v) is 7.95. The zero-order chi connectivity index (χ0) is 19.4. The molecule has 2 aromatic rings. The highest BCUT2D eigenvalue weighted by molar-refractivity contribution is 8.00. The topological polar surface area (TPSA) is 66.5 Å². The highest BCUT2D eigenvalue weighted by Gasteiger charge is 2.39. The third kappa shape index (κ3) is 4.70. The molecule has 1 aliphatic heterocycles. The summed E-state index contributed by atoms with van der Waals surface area (Å²) in [6, 6.07) is 14.2. The number of nitrogens with zero attached hydrogens (tertiary/aromatic N) is 1. The quantitative estimate of drug-likeness (QED) is 0.740. The molecule has 0 unspecified atom stereocenters. The van der Waals surface area contributed by atoms with Crippen molar-refractivity contribution < 1.29 is 14.4 Å². The molecule has 27 heavy (non-hydrogen) atoms. The van der Waals surface area contributed by atoms with Gasteiger partial charge in [-0.05, 0) is 36.8 Å². The maximum Gasteiger partial charge on any atom is 0.247 e. The van der Waals surface area contributed by atoms with E-state index in [0.717, 1.165) is 5.56 Å². The van der Waals surface area contributed by atoms with Crippen molar-refractivity contribution in [3.8, 4) is 0 Å². The molecule has 5 nitrogen and oxygen atoms in total. The molecule has 3 amide bonds. The summed E-state index contributed by atoms with van der Waals surface area (Å²) >= 11 is 7.39. The van der Waals surface area contributed by atoms with E-state index in [4.69, 9.17) is 11.6 Å². The van der Waals surface area contributed by atoms with Gasteiger partial charge in [-0.2, -0.15) is 0 Å². The van der Waals surface area contributed by atoms with Gasteiger partial charge in [-0.25, -0.2) is 4.90 Å². The van der Waals surface area contributed by atoms with Crippen LogP contribution in [0.4, 0.5) is 11.4 Å². The smallest absolute Gasteiger partial charge is 0.247 e. The number of carbonyl (C=O) groups is 3. The van der Waals surface area contributed by atoms with Crippen molar-refractivity contribution in [2.24, 2.45) is 0 Å². The SMILES string of the molecule is Cc1ccc(NC(=O)CCS[C@@H]2CC(=O)N(c3ccccc3)C2=O)cc1Cl. The van der Waals surface area contributed by atoms with E-state index in [-0.39, 0.29) is 30.6 Å². The van der Waals surface area contributed by atoms with Crippen LogP contribution in [0.25, 0.3) is 0 Å². The summed E-state index contributed by atoms with van der Waals surface area (Å²) in [5, 5.41) is 2.94. The lowest BCUT2D eigenvalue weighted by molar-refractivity contribution is -0.121. The van der Waals surface area contributed by atoms with E-state index in [1.54, 1.807) is 36.4 Å². The lowest BCUT2D eigenvalue weighted by Gasteiger charge is -2.14. The van der Waals surface area contributed by atoms with Crippen molar-refractivity contribution in [3.05, 3.63) is 59.1 Å². The molecular weight excluding hydrogens is 384 g/mol. The minimum Gasteiger partial charge on any atom is -0.326 e. The summed E-state index contributed by atoms with van der Waals surface area (Å²) < 4.78 is 0. The second kappa shape index (κ2) is 8.59. The number of aryl methyl sites for hydroxylation is 1. The van der Waals surface area contributed by atoms with Gasteiger partial charge in [0, 0.05) is 29.3 Å². The first-order valence-corrected chi connectivity index (χ1v) is 9.98. The van der Waals surface area contributed by atoms with Crippen LogP contribution in [0.15, 0.2) is 48.5 Å². The van der Waals surface area contributed by atoms with Crippen molar-refractivity contribution in [3.63, 3.8) is 0 Å². The zero-order valence-corrected chi connectivity index (χ0v) is 16.3. The third-order valence-electron chi connectivity index (χ3n) is 4.22. The zero-order valence-electron chi connectivity index (χ0n) is 14.8. The predicted octanol–water partition coefficient (Wildman–Crippen LogP) is 4.04. The van der Waals surface area contributed by atoms with Crippen LogP contribution in [-0.4, -0.2) is 28.7 Å². The maximum absolute atomic E-state index is 12.5. The first-order valence-electron chi connectivity index (χ1n) is 8.55. The Morgan fingerprint density at radius 2 is 1.96 bits per heavy atom. The molecule has 1 N–H and O–H groups in total. The Morgan fingerprint density at radius 3 is 2.67 bits per heavy atom. The molecule has 7 heteroatoms. The molecule has 0 spiro atoms. The Hall–Kier alpha value is -2.31.